The second-order valence-corrected chi connectivity index (χ2v) is 11.8. The number of nitrogens with zero attached hydrogens (tertiary/aromatic N) is 1. The van der Waals surface area contributed by atoms with E-state index in [0.717, 1.165) is 21.4 Å². The number of fused-ring (bicyclic) bond motifs is 1. The quantitative estimate of drug-likeness (QED) is 0.325. The van der Waals surface area contributed by atoms with Crippen molar-refractivity contribution in [3.8, 4) is 5.75 Å². The highest BCUT2D eigenvalue weighted by molar-refractivity contribution is 7.92. The van der Waals surface area contributed by atoms with Crippen LogP contribution in [0.25, 0.3) is 10.9 Å². The number of aryl methyl sites for hydroxylation is 1. The lowest BCUT2D eigenvalue weighted by Crippen LogP contribution is -2.08. The van der Waals surface area contributed by atoms with Gasteiger partial charge in [-0.05, 0) is 43.2 Å². The molecular weight excluding hydrogens is 470 g/mol. The third-order valence-corrected chi connectivity index (χ3v) is 8.33. The molecule has 6 nitrogen and oxygen atoms in total. The Bertz CT molecular complexity index is 1570. The zero-order chi connectivity index (χ0) is 24.5. The molecule has 0 saturated carbocycles. The van der Waals surface area contributed by atoms with Crippen LogP contribution in [0.5, 0.6) is 5.75 Å². The topological polar surface area (TPSA) is 82.4 Å². The summed E-state index contributed by atoms with van der Waals surface area (Å²) in [5.41, 5.74) is 2.71. The lowest BCUT2D eigenvalue weighted by atomic mass is 10.1. The first-order valence-corrected chi connectivity index (χ1v) is 13.9. The molecule has 1 heterocycles. The first kappa shape index (κ1) is 23.8. The lowest BCUT2D eigenvalue weighted by Gasteiger charge is -2.14. The van der Waals surface area contributed by atoms with Crippen molar-refractivity contribution in [1.29, 1.82) is 0 Å². The molecule has 8 heteroatoms. The van der Waals surface area contributed by atoms with Crippen LogP contribution < -0.4 is 4.74 Å². The van der Waals surface area contributed by atoms with Crippen molar-refractivity contribution < 1.29 is 21.6 Å². The van der Waals surface area contributed by atoms with Crippen LogP contribution >= 0.6 is 0 Å². The Morgan fingerprint density at radius 1 is 0.941 bits per heavy atom. The molecular formula is C26H25NO5S2. The van der Waals surface area contributed by atoms with Gasteiger partial charge in [-0.3, -0.25) is 0 Å². The summed E-state index contributed by atoms with van der Waals surface area (Å²) < 4.78 is 59.5. The number of ether oxygens (including phenoxy) is 1. The summed E-state index contributed by atoms with van der Waals surface area (Å²) in [6.07, 6.45) is 4.17. The van der Waals surface area contributed by atoms with E-state index in [0.29, 0.717) is 23.1 Å². The Morgan fingerprint density at radius 2 is 1.62 bits per heavy atom. The first-order valence-electron chi connectivity index (χ1n) is 10.6. The van der Waals surface area contributed by atoms with Crippen molar-refractivity contribution in [2.45, 2.75) is 29.7 Å². The number of hydrogen-bond acceptors (Lipinski definition) is 5. The molecule has 0 radical (unpaired) electrons. The normalized spacial score (nSPS) is 12.1. The van der Waals surface area contributed by atoms with Crippen LogP contribution in [0.15, 0.2) is 95.4 Å². The van der Waals surface area contributed by atoms with Crippen LogP contribution in [-0.2, 0) is 32.9 Å². The van der Waals surface area contributed by atoms with Gasteiger partial charge in [-0.25, -0.2) is 20.8 Å². The van der Waals surface area contributed by atoms with Gasteiger partial charge < -0.3 is 4.74 Å². The zero-order valence-electron chi connectivity index (χ0n) is 18.9. The summed E-state index contributed by atoms with van der Waals surface area (Å²) in [7, 11) is -7.79. The van der Waals surface area contributed by atoms with Gasteiger partial charge >= 0.3 is 0 Å². The van der Waals surface area contributed by atoms with Crippen LogP contribution in [0.4, 0.5) is 0 Å². The second kappa shape index (κ2) is 9.12. The Balaban J connectivity index is 1.97. The Morgan fingerprint density at radius 3 is 2.24 bits per heavy atom. The lowest BCUT2D eigenvalue weighted by molar-refractivity contribution is 0.304. The van der Waals surface area contributed by atoms with E-state index in [-0.39, 0.29) is 21.9 Å². The molecule has 4 aromatic rings. The van der Waals surface area contributed by atoms with E-state index >= 15 is 0 Å². The van der Waals surface area contributed by atoms with Gasteiger partial charge in [0.05, 0.1) is 21.6 Å². The minimum atomic E-state index is -4.02. The van der Waals surface area contributed by atoms with Gasteiger partial charge in [-0.1, -0.05) is 54.1 Å². The number of hydrogen-bond donors (Lipinski definition) is 0. The summed E-state index contributed by atoms with van der Waals surface area (Å²) >= 11 is 0. The van der Waals surface area contributed by atoms with E-state index in [4.69, 9.17) is 4.74 Å². The van der Waals surface area contributed by atoms with E-state index in [9.17, 15) is 16.8 Å². The van der Waals surface area contributed by atoms with Gasteiger partial charge in [0.1, 0.15) is 12.4 Å². The van der Waals surface area contributed by atoms with Crippen LogP contribution in [0, 0.1) is 6.92 Å². The van der Waals surface area contributed by atoms with E-state index in [1.807, 2.05) is 37.3 Å². The average molecular weight is 496 g/mol. The number of allylic oxidation sites excluding steroid dienone is 1. The number of rotatable bonds is 8. The van der Waals surface area contributed by atoms with Crippen molar-refractivity contribution in [2.75, 3.05) is 6.26 Å². The molecule has 1 aromatic heterocycles. The summed E-state index contributed by atoms with van der Waals surface area (Å²) in [6.45, 7) is 5.95. The molecule has 0 fully saturated rings. The Labute approximate surface area is 200 Å². The monoisotopic (exact) mass is 495 g/mol. The maximum Gasteiger partial charge on any atom is 0.236 e. The minimum Gasteiger partial charge on any atom is -0.489 e. The standard InChI is InChI=1S/C26H25NO5S2/c1-4-8-22-24(32-18-20-9-6-5-7-10-20)16-15-23-26(22)25(17-27(23)33(3,28)29)34(30,31)21-13-11-19(2)12-14-21/h4-7,9-17H,1,8,18H2,2-3H3. The van der Waals surface area contributed by atoms with Gasteiger partial charge in [-0.15, -0.1) is 6.58 Å². The molecule has 34 heavy (non-hydrogen) atoms. The van der Waals surface area contributed by atoms with Gasteiger partial charge in [0.15, 0.2) is 0 Å². The van der Waals surface area contributed by atoms with E-state index in [1.165, 1.54) is 18.3 Å². The Kier molecular flexibility index (Phi) is 6.38. The largest absolute Gasteiger partial charge is 0.489 e. The first-order chi connectivity index (χ1) is 16.1. The van der Waals surface area contributed by atoms with Gasteiger partial charge in [0.25, 0.3) is 0 Å². The molecule has 0 amide bonds. The molecule has 0 aliphatic carbocycles. The SMILES string of the molecule is C=CCc1c(OCc2ccccc2)ccc2c1c(S(=O)(=O)c1ccc(C)cc1)cn2S(C)(=O)=O. The molecule has 0 aliphatic heterocycles. The third kappa shape index (κ3) is 4.51. The van der Waals surface area contributed by atoms with Crippen molar-refractivity contribution in [3.63, 3.8) is 0 Å². The number of sulfone groups is 1. The average Bonchev–Trinajstić information content (AvgIpc) is 3.21. The van der Waals surface area contributed by atoms with E-state index in [1.54, 1.807) is 30.3 Å². The maximum absolute atomic E-state index is 13.7. The van der Waals surface area contributed by atoms with E-state index in [2.05, 4.69) is 6.58 Å². The van der Waals surface area contributed by atoms with Gasteiger partial charge in [-0.2, -0.15) is 0 Å². The molecule has 0 aliphatic rings. The Hall–Kier alpha value is -3.36. The zero-order valence-corrected chi connectivity index (χ0v) is 20.6. The minimum absolute atomic E-state index is 0.0845. The van der Waals surface area contributed by atoms with Crippen LogP contribution in [-0.4, -0.2) is 27.1 Å². The maximum atomic E-state index is 13.7. The second-order valence-electron chi connectivity index (χ2n) is 8.07. The molecule has 0 bridgehead atoms. The summed E-state index contributed by atoms with van der Waals surface area (Å²) in [5.74, 6) is 0.475. The summed E-state index contributed by atoms with van der Waals surface area (Å²) in [4.78, 5) is 0.00426. The van der Waals surface area contributed by atoms with Crippen LogP contribution in [0.3, 0.4) is 0 Å². The molecule has 0 saturated heterocycles. The summed E-state index contributed by atoms with van der Waals surface area (Å²) in [6, 6.07) is 19.3. The van der Waals surface area contributed by atoms with Crippen molar-refractivity contribution in [1.82, 2.24) is 3.97 Å². The predicted molar refractivity (Wildman–Crippen MR) is 133 cm³/mol. The van der Waals surface area contributed by atoms with E-state index < -0.39 is 19.9 Å². The fraction of sp³-hybridized carbons (Fsp3) is 0.154. The highest BCUT2D eigenvalue weighted by Gasteiger charge is 2.28. The van der Waals surface area contributed by atoms with Crippen LogP contribution in [0.2, 0.25) is 0 Å². The van der Waals surface area contributed by atoms with Crippen molar-refractivity contribution in [3.05, 3.63) is 102 Å². The molecule has 0 N–H and O–H groups in total. The molecule has 176 valence electrons. The van der Waals surface area contributed by atoms with Gasteiger partial charge in [0.2, 0.25) is 19.9 Å². The van der Waals surface area contributed by atoms with Crippen molar-refractivity contribution >= 4 is 30.8 Å². The predicted octanol–water partition coefficient (Wildman–Crippen LogP) is 4.90. The van der Waals surface area contributed by atoms with Gasteiger partial charge in [0, 0.05) is 17.1 Å². The molecule has 0 spiro atoms. The smallest absolute Gasteiger partial charge is 0.236 e. The molecule has 4 rings (SSSR count). The van der Waals surface area contributed by atoms with Crippen molar-refractivity contribution in [2.24, 2.45) is 0 Å². The molecule has 3 aromatic carbocycles. The highest BCUT2D eigenvalue weighted by atomic mass is 32.2. The highest BCUT2D eigenvalue weighted by Crippen LogP contribution is 2.38. The number of aromatic nitrogens is 1. The van der Waals surface area contributed by atoms with Crippen LogP contribution in [0.1, 0.15) is 16.7 Å². The molecule has 0 atom stereocenters. The molecule has 0 unspecified atom stereocenters. The fourth-order valence-electron chi connectivity index (χ4n) is 3.86. The number of benzene rings is 3. The third-order valence-electron chi connectivity index (χ3n) is 5.53. The summed E-state index contributed by atoms with van der Waals surface area (Å²) in [5, 5.41) is 0.316. The fourth-order valence-corrected chi connectivity index (χ4v) is 6.22.